The van der Waals surface area contributed by atoms with Crippen molar-refractivity contribution in [2.45, 2.75) is 110 Å². The van der Waals surface area contributed by atoms with Gasteiger partial charge in [-0.25, -0.2) is 18.6 Å². The van der Waals surface area contributed by atoms with Crippen molar-refractivity contribution in [3.05, 3.63) is 53.7 Å². The van der Waals surface area contributed by atoms with Gasteiger partial charge in [-0.3, -0.25) is 4.90 Å². The van der Waals surface area contributed by atoms with Crippen LogP contribution in [0.5, 0.6) is 5.88 Å². The van der Waals surface area contributed by atoms with Crippen molar-refractivity contribution in [1.29, 1.82) is 0 Å². The Morgan fingerprint density at radius 3 is 2.17 bits per heavy atom. The van der Waals surface area contributed by atoms with Crippen LogP contribution in [0.25, 0.3) is 0 Å². The maximum atomic E-state index is 12.9. The molecule has 1 aromatic carbocycles. The Hall–Kier alpha value is -2.74. The number of benzene rings is 1. The van der Waals surface area contributed by atoms with E-state index in [0.29, 0.717) is 18.2 Å². The van der Waals surface area contributed by atoms with Crippen LogP contribution in [0.4, 0.5) is 14.5 Å². The lowest BCUT2D eigenvalue weighted by atomic mass is 10.0. The molecule has 2 fully saturated rings. The van der Waals surface area contributed by atoms with Crippen molar-refractivity contribution >= 4 is 11.7 Å². The lowest BCUT2D eigenvalue weighted by Gasteiger charge is -2.40. The van der Waals surface area contributed by atoms with Crippen LogP contribution < -0.4 is 9.64 Å². The molecule has 1 aromatic heterocycles. The van der Waals surface area contributed by atoms with E-state index in [1.807, 2.05) is 0 Å². The number of aromatic nitrogens is 1. The highest BCUT2D eigenvalue weighted by Crippen LogP contribution is 2.38. The molecule has 0 spiro atoms. The van der Waals surface area contributed by atoms with Crippen LogP contribution in [0.3, 0.4) is 0 Å². The fraction of sp³-hybridized carbons (Fsp3) is 0.647. The normalized spacial score (nSPS) is 16.0. The number of carboxylic acid groups (broad SMARTS) is 1. The molecule has 0 bridgehead atoms. The molecule has 0 radical (unpaired) electrons. The van der Waals surface area contributed by atoms with Gasteiger partial charge in [-0.15, -0.1) is 0 Å². The maximum Gasteiger partial charge on any atom is 0.354 e. The zero-order valence-electron chi connectivity index (χ0n) is 26.1. The average Bonchev–Trinajstić information content (AvgIpc) is 3.76. The summed E-state index contributed by atoms with van der Waals surface area (Å²) in [6, 6.07) is 13.7. The summed E-state index contributed by atoms with van der Waals surface area (Å²) in [4.78, 5) is 18.9. The van der Waals surface area contributed by atoms with Gasteiger partial charge in [0.05, 0.1) is 19.7 Å². The highest BCUT2D eigenvalue weighted by molar-refractivity contribution is 5.86. The quantitative estimate of drug-likeness (QED) is 0.199. The van der Waals surface area contributed by atoms with E-state index in [4.69, 9.17) is 9.84 Å². The van der Waals surface area contributed by atoms with E-state index < -0.39 is 11.9 Å². The molecule has 0 amide bonds. The van der Waals surface area contributed by atoms with Crippen molar-refractivity contribution < 1.29 is 23.4 Å². The summed E-state index contributed by atoms with van der Waals surface area (Å²) >= 11 is 0. The van der Waals surface area contributed by atoms with Crippen LogP contribution in [-0.2, 0) is 6.54 Å². The standard InChI is InChI=1S/C21H37N.C13H14F2N2O3/c1-5-6-7-8-9-10-11-15-18-22(21(2,3)4)19-20-16-13-12-14-17-20;14-13(15)6-17(7-13)10-4-3-9(12(18)19)16-11(10)20-5-8-1-2-8/h12-14,16-17H,5-11,15,18-19H2,1-4H3;3-4,8H,1-2,5-7H2,(H,18,19). The number of anilines is 1. The second kappa shape index (κ2) is 16.2. The molecule has 2 heterocycles. The van der Waals surface area contributed by atoms with Crippen molar-refractivity contribution in [1.82, 2.24) is 9.88 Å². The summed E-state index contributed by atoms with van der Waals surface area (Å²) in [6.45, 7) is 11.2. The number of alkyl halides is 2. The molecule has 1 saturated carbocycles. The molecular formula is C34H51F2N3O3. The summed E-state index contributed by atoms with van der Waals surface area (Å²) < 4.78 is 31.4. The smallest absolute Gasteiger partial charge is 0.354 e. The van der Waals surface area contributed by atoms with E-state index in [2.05, 4.69) is 67.9 Å². The molecule has 234 valence electrons. The fourth-order valence-electron chi connectivity index (χ4n) is 4.95. The third kappa shape index (κ3) is 11.9. The van der Waals surface area contributed by atoms with Crippen molar-refractivity contribution in [3.63, 3.8) is 0 Å². The Balaban J connectivity index is 0.000000231. The maximum absolute atomic E-state index is 12.9. The van der Waals surface area contributed by atoms with Gasteiger partial charge in [-0.05, 0) is 70.2 Å². The van der Waals surface area contributed by atoms with Crippen molar-refractivity contribution in [2.75, 3.05) is 31.1 Å². The van der Waals surface area contributed by atoms with E-state index in [1.54, 1.807) is 0 Å². The van der Waals surface area contributed by atoms with Crippen molar-refractivity contribution in [3.8, 4) is 5.88 Å². The zero-order valence-corrected chi connectivity index (χ0v) is 26.1. The Labute approximate surface area is 251 Å². The average molecular weight is 588 g/mol. The van der Waals surface area contributed by atoms with Gasteiger partial charge in [0.1, 0.15) is 5.69 Å². The number of nitrogens with zero attached hydrogens (tertiary/aromatic N) is 3. The van der Waals surface area contributed by atoms with Gasteiger partial charge in [0, 0.05) is 12.1 Å². The molecule has 2 aliphatic rings. The number of hydrogen-bond acceptors (Lipinski definition) is 5. The molecule has 1 aliphatic carbocycles. The molecule has 8 heteroatoms. The fourth-order valence-corrected chi connectivity index (χ4v) is 4.95. The molecule has 0 unspecified atom stereocenters. The zero-order chi connectivity index (χ0) is 30.6. The summed E-state index contributed by atoms with van der Waals surface area (Å²) in [5, 5.41) is 8.93. The van der Waals surface area contributed by atoms with Gasteiger partial charge in [-0.2, -0.15) is 0 Å². The molecule has 1 saturated heterocycles. The van der Waals surface area contributed by atoms with Crippen LogP contribution in [-0.4, -0.2) is 58.7 Å². The monoisotopic (exact) mass is 587 g/mol. The minimum atomic E-state index is -2.70. The number of rotatable bonds is 16. The number of hydrogen-bond donors (Lipinski definition) is 1. The van der Waals surface area contributed by atoms with E-state index in [-0.39, 0.29) is 30.2 Å². The van der Waals surface area contributed by atoms with E-state index >= 15 is 0 Å². The Bertz CT molecular complexity index is 1080. The second-order valence-electron chi connectivity index (χ2n) is 12.8. The third-order valence-electron chi connectivity index (χ3n) is 7.84. The van der Waals surface area contributed by atoms with Gasteiger partial charge in [0.15, 0.2) is 5.69 Å². The Morgan fingerprint density at radius 1 is 1.00 bits per heavy atom. The SMILES string of the molecule is CCCCCCCCCCN(Cc1ccccc1)C(C)(C)C.O=C(O)c1ccc(N2CC(F)(F)C2)c(OCC2CC2)n1. The van der Waals surface area contributed by atoms with E-state index in [9.17, 15) is 13.6 Å². The molecule has 0 atom stereocenters. The van der Waals surface area contributed by atoms with Crippen molar-refractivity contribution in [2.24, 2.45) is 5.92 Å². The van der Waals surface area contributed by atoms with E-state index in [0.717, 1.165) is 19.4 Å². The first-order valence-electron chi connectivity index (χ1n) is 15.8. The summed E-state index contributed by atoms with van der Waals surface area (Å²) in [6.07, 6.45) is 13.3. The Morgan fingerprint density at radius 2 is 1.62 bits per heavy atom. The molecule has 1 aliphatic heterocycles. The topological polar surface area (TPSA) is 65.9 Å². The first-order chi connectivity index (χ1) is 20.0. The molecule has 42 heavy (non-hydrogen) atoms. The minimum absolute atomic E-state index is 0.132. The number of carbonyl (C=O) groups is 1. The lowest BCUT2D eigenvalue weighted by molar-refractivity contribution is -0.0265. The summed E-state index contributed by atoms with van der Waals surface area (Å²) in [7, 11) is 0. The molecular weight excluding hydrogens is 536 g/mol. The number of unbranched alkanes of at least 4 members (excludes halogenated alkanes) is 7. The largest absolute Gasteiger partial charge is 0.477 e. The van der Waals surface area contributed by atoms with Crippen LogP contribution in [0, 0.1) is 5.92 Å². The van der Waals surface area contributed by atoms with Crippen LogP contribution in [0.15, 0.2) is 42.5 Å². The summed E-state index contributed by atoms with van der Waals surface area (Å²) in [5.41, 5.74) is 1.96. The van der Waals surface area contributed by atoms with Gasteiger partial charge >= 0.3 is 5.97 Å². The molecule has 2 aromatic rings. The third-order valence-corrected chi connectivity index (χ3v) is 7.84. The molecule has 1 N–H and O–H groups in total. The van der Waals surface area contributed by atoms with E-state index in [1.165, 1.54) is 80.5 Å². The summed E-state index contributed by atoms with van der Waals surface area (Å²) in [5.74, 6) is -3.26. The van der Waals surface area contributed by atoms with Gasteiger partial charge in [-0.1, -0.05) is 82.2 Å². The highest BCUT2D eigenvalue weighted by atomic mass is 19.3. The van der Waals surface area contributed by atoms with Gasteiger partial charge in [0.25, 0.3) is 5.92 Å². The molecule has 4 rings (SSSR count). The van der Waals surface area contributed by atoms with Crippen LogP contribution >= 0.6 is 0 Å². The first kappa shape index (κ1) is 33.8. The minimum Gasteiger partial charge on any atom is -0.477 e. The van der Waals surface area contributed by atoms with Crippen LogP contribution in [0.2, 0.25) is 0 Å². The number of carboxylic acids is 1. The lowest BCUT2D eigenvalue weighted by Crippen LogP contribution is -2.56. The predicted octanol–water partition coefficient (Wildman–Crippen LogP) is 8.45. The van der Waals surface area contributed by atoms with Gasteiger partial charge in [0.2, 0.25) is 5.88 Å². The number of ether oxygens (including phenoxy) is 1. The molecule has 6 nitrogen and oxygen atoms in total. The second-order valence-corrected chi connectivity index (χ2v) is 12.8. The number of pyridine rings is 1. The predicted molar refractivity (Wildman–Crippen MR) is 166 cm³/mol. The number of aromatic carboxylic acids is 1. The van der Waals surface area contributed by atoms with Crippen LogP contribution in [0.1, 0.15) is 108 Å². The van der Waals surface area contributed by atoms with Gasteiger partial charge < -0.3 is 14.7 Å². The highest BCUT2D eigenvalue weighted by Gasteiger charge is 2.45. The Kier molecular flexibility index (Phi) is 13.0. The number of halogens is 2. The first-order valence-corrected chi connectivity index (χ1v) is 15.8.